The highest BCUT2D eigenvalue weighted by molar-refractivity contribution is 5.76. The summed E-state index contributed by atoms with van der Waals surface area (Å²) in [5, 5.41) is 0. The van der Waals surface area contributed by atoms with E-state index in [1.54, 1.807) is 0 Å². The van der Waals surface area contributed by atoms with Gasteiger partial charge in [-0.3, -0.25) is 0 Å². The maximum Gasteiger partial charge on any atom is 0.226 e. The molecule has 0 unspecified atom stereocenters. The van der Waals surface area contributed by atoms with Crippen molar-refractivity contribution in [2.45, 2.75) is 13.8 Å². The second-order valence-electron chi connectivity index (χ2n) is 7.16. The van der Waals surface area contributed by atoms with Gasteiger partial charge in [0.15, 0.2) is 5.82 Å². The Balaban J connectivity index is 1.53. The number of piperazine rings is 1. The molecule has 0 spiro atoms. The zero-order chi connectivity index (χ0) is 19.0. The smallest absolute Gasteiger partial charge is 0.226 e. The third-order valence-corrected chi connectivity index (χ3v) is 4.85. The van der Waals surface area contributed by atoms with Gasteiger partial charge >= 0.3 is 0 Å². The van der Waals surface area contributed by atoms with Gasteiger partial charge in [0.25, 0.3) is 0 Å². The van der Waals surface area contributed by atoms with Crippen LogP contribution in [0.1, 0.15) is 11.4 Å². The lowest BCUT2D eigenvalue weighted by molar-refractivity contribution is 0.638. The minimum absolute atomic E-state index is 0.753. The molecule has 0 bridgehead atoms. The van der Waals surface area contributed by atoms with Crippen LogP contribution in [0.15, 0.2) is 30.3 Å². The van der Waals surface area contributed by atoms with E-state index in [0.29, 0.717) is 0 Å². The normalized spacial score (nSPS) is 14.7. The fourth-order valence-corrected chi connectivity index (χ4v) is 3.42. The summed E-state index contributed by atoms with van der Waals surface area (Å²) in [6.45, 7) is 7.65. The van der Waals surface area contributed by atoms with Gasteiger partial charge in [0, 0.05) is 52.0 Å². The lowest BCUT2D eigenvalue weighted by Crippen LogP contribution is -2.47. The molecule has 3 aromatic rings. The Morgan fingerprint density at radius 1 is 0.815 bits per heavy atom. The first-order valence-electron chi connectivity index (χ1n) is 9.27. The molecule has 1 aliphatic rings. The van der Waals surface area contributed by atoms with Crippen molar-refractivity contribution in [1.29, 1.82) is 0 Å². The molecule has 4 rings (SSSR count). The van der Waals surface area contributed by atoms with Gasteiger partial charge in [-0.15, -0.1) is 0 Å². The van der Waals surface area contributed by atoms with Crippen molar-refractivity contribution in [3.8, 4) is 0 Å². The van der Waals surface area contributed by atoms with Crippen molar-refractivity contribution in [1.82, 2.24) is 19.9 Å². The number of rotatable bonds is 3. The van der Waals surface area contributed by atoms with Crippen molar-refractivity contribution in [2.24, 2.45) is 0 Å². The lowest BCUT2D eigenvalue weighted by atomic mass is 10.2. The van der Waals surface area contributed by atoms with Crippen molar-refractivity contribution < 1.29 is 0 Å². The molecule has 27 heavy (non-hydrogen) atoms. The van der Waals surface area contributed by atoms with Crippen LogP contribution in [0, 0.1) is 13.8 Å². The standard InChI is InChI=1S/C20H25N7/c1-14-13-18(24-20(21-14)25(3)4)26-9-11-27(12-10-26)19-15(2)22-16-7-5-6-8-17(16)23-19/h5-8,13H,9-12H2,1-4H3. The van der Waals surface area contributed by atoms with Crippen LogP contribution in [0.4, 0.5) is 17.6 Å². The van der Waals surface area contributed by atoms with E-state index in [1.165, 1.54) is 0 Å². The van der Waals surface area contributed by atoms with Crippen LogP contribution in [0.5, 0.6) is 0 Å². The van der Waals surface area contributed by atoms with E-state index >= 15 is 0 Å². The quantitative estimate of drug-likeness (QED) is 0.708. The fourth-order valence-electron chi connectivity index (χ4n) is 3.42. The summed E-state index contributed by atoms with van der Waals surface area (Å²) in [5.41, 5.74) is 3.87. The van der Waals surface area contributed by atoms with Crippen LogP contribution >= 0.6 is 0 Å². The van der Waals surface area contributed by atoms with Gasteiger partial charge in [-0.2, -0.15) is 4.98 Å². The first-order chi connectivity index (χ1) is 13.0. The maximum absolute atomic E-state index is 4.86. The average molecular weight is 363 g/mol. The molecule has 0 amide bonds. The number of para-hydroxylation sites is 2. The highest BCUT2D eigenvalue weighted by Crippen LogP contribution is 2.23. The Labute approximate surface area is 159 Å². The molecule has 140 valence electrons. The first-order valence-corrected chi connectivity index (χ1v) is 9.27. The topological polar surface area (TPSA) is 61.3 Å². The number of hydrogen-bond acceptors (Lipinski definition) is 7. The molecule has 7 nitrogen and oxygen atoms in total. The molecule has 0 saturated carbocycles. The van der Waals surface area contributed by atoms with Crippen molar-refractivity contribution >= 4 is 28.6 Å². The third kappa shape index (κ3) is 3.49. The molecule has 1 fully saturated rings. The van der Waals surface area contributed by atoms with Crippen LogP contribution in [0.25, 0.3) is 11.0 Å². The predicted molar refractivity (Wildman–Crippen MR) is 110 cm³/mol. The largest absolute Gasteiger partial charge is 0.353 e. The highest BCUT2D eigenvalue weighted by Gasteiger charge is 2.22. The molecule has 7 heteroatoms. The minimum atomic E-state index is 0.753. The molecular weight excluding hydrogens is 338 g/mol. The summed E-state index contributed by atoms with van der Waals surface area (Å²) in [6.07, 6.45) is 0. The number of fused-ring (bicyclic) bond motifs is 1. The molecule has 1 saturated heterocycles. The number of hydrogen-bond donors (Lipinski definition) is 0. The van der Waals surface area contributed by atoms with Crippen molar-refractivity contribution in [2.75, 3.05) is 55.0 Å². The third-order valence-electron chi connectivity index (χ3n) is 4.85. The van der Waals surface area contributed by atoms with E-state index in [9.17, 15) is 0 Å². The summed E-state index contributed by atoms with van der Waals surface area (Å²) < 4.78 is 0. The Morgan fingerprint density at radius 3 is 2.11 bits per heavy atom. The fraction of sp³-hybridized carbons (Fsp3) is 0.400. The highest BCUT2D eigenvalue weighted by atomic mass is 15.3. The molecular formula is C20H25N7. The summed E-state index contributed by atoms with van der Waals surface area (Å²) in [6, 6.07) is 10.1. The van der Waals surface area contributed by atoms with Crippen LogP contribution in [-0.2, 0) is 0 Å². The molecule has 0 radical (unpaired) electrons. The number of anilines is 3. The zero-order valence-corrected chi connectivity index (χ0v) is 16.3. The van der Waals surface area contributed by atoms with Gasteiger partial charge in [-0.1, -0.05) is 12.1 Å². The Kier molecular flexibility index (Phi) is 4.51. The summed E-state index contributed by atoms with van der Waals surface area (Å²) in [4.78, 5) is 25.4. The molecule has 3 heterocycles. The number of benzene rings is 1. The molecule has 2 aromatic heterocycles. The number of aryl methyl sites for hydroxylation is 2. The monoisotopic (exact) mass is 363 g/mol. The van der Waals surface area contributed by atoms with Crippen molar-refractivity contribution in [3.05, 3.63) is 41.7 Å². The molecule has 0 N–H and O–H groups in total. The van der Waals surface area contributed by atoms with Gasteiger partial charge in [-0.25, -0.2) is 15.0 Å². The zero-order valence-electron chi connectivity index (χ0n) is 16.3. The number of nitrogens with zero attached hydrogens (tertiary/aromatic N) is 7. The van der Waals surface area contributed by atoms with Crippen molar-refractivity contribution in [3.63, 3.8) is 0 Å². The lowest BCUT2D eigenvalue weighted by Gasteiger charge is -2.36. The SMILES string of the molecule is Cc1cc(N2CCN(c3nc4ccccc4nc3C)CC2)nc(N(C)C)n1. The minimum Gasteiger partial charge on any atom is -0.353 e. The van der Waals surface area contributed by atoms with E-state index in [0.717, 1.165) is 66.2 Å². The van der Waals surface area contributed by atoms with Gasteiger partial charge < -0.3 is 14.7 Å². The summed E-state index contributed by atoms with van der Waals surface area (Å²) in [5.74, 6) is 2.73. The van der Waals surface area contributed by atoms with Gasteiger partial charge in [-0.05, 0) is 26.0 Å². The van der Waals surface area contributed by atoms with E-state index < -0.39 is 0 Å². The van der Waals surface area contributed by atoms with Crippen LogP contribution in [0.2, 0.25) is 0 Å². The van der Waals surface area contributed by atoms with E-state index in [2.05, 4.69) is 20.9 Å². The second-order valence-corrected chi connectivity index (χ2v) is 7.16. The van der Waals surface area contributed by atoms with Crippen LogP contribution in [-0.4, -0.2) is 60.2 Å². The second kappa shape index (κ2) is 6.98. The Bertz CT molecular complexity index is 962. The van der Waals surface area contributed by atoms with Gasteiger partial charge in [0.1, 0.15) is 5.82 Å². The van der Waals surface area contributed by atoms with E-state index in [4.69, 9.17) is 15.0 Å². The summed E-state index contributed by atoms with van der Waals surface area (Å²) >= 11 is 0. The summed E-state index contributed by atoms with van der Waals surface area (Å²) in [7, 11) is 3.94. The maximum atomic E-state index is 4.86. The molecule has 1 aliphatic heterocycles. The van der Waals surface area contributed by atoms with Crippen LogP contribution < -0.4 is 14.7 Å². The Hall–Kier alpha value is -2.96. The van der Waals surface area contributed by atoms with Gasteiger partial charge in [0.2, 0.25) is 5.95 Å². The van der Waals surface area contributed by atoms with Gasteiger partial charge in [0.05, 0.1) is 16.7 Å². The Morgan fingerprint density at radius 2 is 1.44 bits per heavy atom. The average Bonchev–Trinajstić information content (AvgIpc) is 2.67. The molecule has 0 aliphatic carbocycles. The first kappa shape index (κ1) is 17.5. The van der Waals surface area contributed by atoms with Crippen LogP contribution in [0.3, 0.4) is 0 Å². The van der Waals surface area contributed by atoms with E-state index in [1.807, 2.05) is 57.1 Å². The predicted octanol–water partition coefficient (Wildman–Crippen LogP) is 2.43. The number of aromatic nitrogens is 4. The molecule has 1 aromatic carbocycles. The molecule has 0 atom stereocenters. The van der Waals surface area contributed by atoms with E-state index in [-0.39, 0.29) is 0 Å².